The number of rotatable bonds is 2. The van der Waals surface area contributed by atoms with Gasteiger partial charge in [-0.05, 0) is 6.26 Å². The van der Waals surface area contributed by atoms with Crippen LogP contribution in [-0.4, -0.2) is 12.0 Å². The molecule has 5 heteroatoms. The van der Waals surface area contributed by atoms with Crippen LogP contribution in [0.4, 0.5) is 5.69 Å². The first-order valence-electron chi connectivity index (χ1n) is 3.49. The molecule has 13 heavy (non-hydrogen) atoms. The lowest BCUT2D eigenvalue weighted by Crippen LogP contribution is -1.95. The van der Waals surface area contributed by atoms with Crippen LogP contribution in [0, 0.1) is 11.3 Å². The largest absolute Gasteiger partial charge is 0.396 e. The molecule has 1 aromatic rings. The number of carbonyl (C=O) groups excluding carboxylic acids is 1. The maximum Gasteiger partial charge on any atom is 0.171 e. The average Bonchev–Trinajstić information content (AvgIpc) is 2.41. The molecular weight excluding hydrogens is 204 g/mol. The van der Waals surface area contributed by atoms with Crippen LogP contribution in [0.3, 0.4) is 0 Å². The molecule has 0 bridgehead atoms. The summed E-state index contributed by atoms with van der Waals surface area (Å²) in [5.74, 6) is -0.0840. The predicted octanol–water partition coefficient (Wildman–Crippen LogP) is 2.13. The third-order valence-electron chi connectivity index (χ3n) is 1.53. The Morgan fingerprint density at radius 1 is 1.69 bits per heavy atom. The Balaban J connectivity index is 3.37. The van der Waals surface area contributed by atoms with E-state index in [1.165, 1.54) is 30.0 Å². The number of nitriles is 1. The molecule has 1 rings (SSSR count). The minimum absolute atomic E-state index is 0.0840. The highest BCUT2D eigenvalue weighted by Gasteiger charge is 2.17. The van der Waals surface area contributed by atoms with E-state index in [0.717, 1.165) is 4.21 Å². The number of ketones is 1. The molecule has 68 valence electrons. The van der Waals surface area contributed by atoms with Crippen molar-refractivity contribution in [1.29, 1.82) is 5.26 Å². The van der Waals surface area contributed by atoms with Crippen molar-refractivity contribution in [3.63, 3.8) is 0 Å². The standard InChI is InChI=1S/C8H8N2OS2/c1-4(11)7-6(10)5(3-9)8(12-2)13-7/h10H2,1-2H3. The summed E-state index contributed by atoms with van der Waals surface area (Å²) in [5.41, 5.74) is 6.40. The molecule has 0 fully saturated rings. The number of hydrogen-bond acceptors (Lipinski definition) is 5. The molecule has 0 aromatic carbocycles. The molecule has 0 unspecified atom stereocenters. The first-order chi connectivity index (χ1) is 6.11. The lowest BCUT2D eigenvalue weighted by atomic mass is 10.2. The zero-order valence-electron chi connectivity index (χ0n) is 7.25. The van der Waals surface area contributed by atoms with Gasteiger partial charge >= 0.3 is 0 Å². The van der Waals surface area contributed by atoms with E-state index in [0.29, 0.717) is 16.1 Å². The fraction of sp³-hybridized carbons (Fsp3) is 0.250. The van der Waals surface area contributed by atoms with Crippen molar-refractivity contribution in [3.05, 3.63) is 10.4 Å². The van der Waals surface area contributed by atoms with Gasteiger partial charge in [0.15, 0.2) is 5.78 Å². The molecule has 0 spiro atoms. The summed E-state index contributed by atoms with van der Waals surface area (Å²) in [6.07, 6.45) is 1.86. The van der Waals surface area contributed by atoms with E-state index in [-0.39, 0.29) is 5.78 Å². The van der Waals surface area contributed by atoms with Crippen LogP contribution >= 0.6 is 23.1 Å². The number of nitrogens with zero attached hydrogens (tertiary/aromatic N) is 1. The van der Waals surface area contributed by atoms with Crippen molar-refractivity contribution >= 4 is 34.6 Å². The van der Waals surface area contributed by atoms with Gasteiger partial charge in [0.1, 0.15) is 11.6 Å². The number of thiophene rings is 1. The summed E-state index contributed by atoms with van der Waals surface area (Å²) >= 11 is 2.72. The summed E-state index contributed by atoms with van der Waals surface area (Å²) in [6.45, 7) is 1.45. The van der Waals surface area contributed by atoms with Crippen molar-refractivity contribution in [1.82, 2.24) is 0 Å². The lowest BCUT2D eigenvalue weighted by Gasteiger charge is -1.90. The van der Waals surface area contributed by atoms with Crippen LogP contribution in [0.2, 0.25) is 0 Å². The highest BCUT2D eigenvalue weighted by molar-refractivity contribution is 8.00. The number of hydrogen-bond donors (Lipinski definition) is 1. The third kappa shape index (κ3) is 1.69. The van der Waals surface area contributed by atoms with Crippen LogP contribution < -0.4 is 5.73 Å². The second-order valence-electron chi connectivity index (χ2n) is 2.38. The molecule has 1 aromatic heterocycles. The predicted molar refractivity (Wildman–Crippen MR) is 55.2 cm³/mol. The van der Waals surface area contributed by atoms with E-state index in [9.17, 15) is 4.79 Å². The SMILES string of the molecule is CSc1sc(C(C)=O)c(N)c1C#N. The Labute approximate surface area is 84.5 Å². The maximum atomic E-state index is 11.1. The summed E-state index contributed by atoms with van der Waals surface area (Å²) in [7, 11) is 0. The Hall–Kier alpha value is -0.990. The Morgan fingerprint density at radius 3 is 2.62 bits per heavy atom. The molecule has 0 saturated carbocycles. The van der Waals surface area contributed by atoms with Gasteiger partial charge in [0.05, 0.1) is 14.8 Å². The molecule has 0 amide bonds. The highest BCUT2D eigenvalue weighted by atomic mass is 32.2. The number of nitrogens with two attached hydrogens (primary N) is 1. The third-order valence-corrected chi connectivity index (χ3v) is 3.96. The van der Waals surface area contributed by atoms with Gasteiger partial charge in [0.25, 0.3) is 0 Å². The minimum Gasteiger partial charge on any atom is -0.396 e. The zero-order valence-corrected chi connectivity index (χ0v) is 8.88. The van der Waals surface area contributed by atoms with Crippen molar-refractivity contribution in [3.8, 4) is 6.07 Å². The Kier molecular flexibility index (Phi) is 2.96. The molecule has 0 radical (unpaired) electrons. The number of anilines is 1. The van der Waals surface area contributed by atoms with Crippen molar-refractivity contribution in [2.24, 2.45) is 0 Å². The molecular formula is C8H8N2OS2. The van der Waals surface area contributed by atoms with Gasteiger partial charge in [0, 0.05) is 6.92 Å². The van der Waals surface area contributed by atoms with E-state index in [1.807, 2.05) is 12.3 Å². The van der Waals surface area contributed by atoms with Gasteiger partial charge in [-0.2, -0.15) is 5.26 Å². The van der Waals surface area contributed by atoms with Gasteiger partial charge < -0.3 is 5.73 Å². The number of Topliss-reactive ketones (excluding diaryl/α,β-unsaturated/α-hetero) is 1. The first-order valence-corrected chi connectivity index (χ1v) is 5.53. The zero-order chi connectivity index (χ0) is 10.0. The van der Waals surface area contributed by atoms with Gasteiger partial charge in [-0.15, -0.1) is 23.1 Å². The quantitative estimate of drug-likeness (QED) is 0.602. The lowest BCUT2D eigenvalue weighted by molar-refractivity contribution is 0.102. The molecule has 3 nitrogen and oxygen atoms in total. The molecule has 0 aliphatic carbocycles. The molecule has 0 atom stereocenters. The van der Waals surface area contributed by atoms with Crippen molar-refractivity contribution in [2.75, 3.05) is 12.0 Å². The average molecular weight is 212 g/mol. The van der Waals surface area contributed by atoms with E-state index in [1.54, 1.807) is 0 Å². The smallest absolute Gasteiger partial charge is 0.171 e. The van der Waals surface area contributed by atoms with Gasteiger partial charge in [0.2, 0.25) is 0 Å². The monoisotopic (exact) mass is 212 g/mol. The van der Waals surface area contributed by atoms with Crippen LogP contribution in [-0.2, 0) is 0 Å². The second-order valence-corrected chi connectivity index (χ2v) is 4.47. The fourth-order valence-electron chi connectivity index (χ4n) is 0.933. The number of carbonyl (C=O) groups is 1. The van der Waals surface area contributed by atoms with E-state index < -0.39 is 0 Å². The highest BCUT2D eigenvalue weighted by Crippen LogP contribution is 2.36. The van der Waals surface area contributed by atoms with Crippen LogP contribution in [0.15, 0.2) is 4.21 Å². The van der Waals surface area contributed by atoms with Crippen molar-refractivity contribution < 1.29 is 4.79 Å². The van der Waals surface area contributed by atoms with Crippen LogP contribution in [0.5, 0.6) is 0 Å². The summed E-state index contributed by atoms with van der Waals surface area (Å²) in [4.78, 5) is 11.6. The second kappa shape index (κ2) is 3.81. The molecule has 0 aliphatic rings. The summed E-state index contributed by atoms with van der Waals surface area (Å²) in [5, 5.41) is 8.78. The Morgan fingerprint density at radius 2 is 2.31 bits per heavy atom. The van der Waals surface area contributed by atoms with Gasteiger partial charge in [-0.3, -0.25) is 4.79 Å². The summed E-state index contributed by atoms with van der Waals surface area (Å²) in [6, 6.07) is 2.00. The van der Waals surface area contributed by atoms with E-state index in [4.69, 9.17) is 11.0 Å². The summed E-state index contributed by atoms with van der Waals surface area (Å²) < 4.78 is 0.810. The minimum atomic E-state index is -0.0840. The van der Waals surface area contributed by atoms with Crippen LogP contribution in [0.25, 0.3) is 0 Å². The first kappa shape index (κ1) is 10.1. The maximum absolute atomic E-state index is 11.1. The van der Waals surface area contributed by atoms with Gasteiger partial charge in [-0.1, -0.05) is 0 Å². The van der Waals surface area contributed by atoms with Crippen LogP contribution in [0.1, 0.15) is 22.2 Å². The molecule has 0 aliphatic heterocycles. The topological polar surface area (TPSA) is 66.9 Å². The number of thioether (sulfide) groups is 1. The Bertz CT molecular complexity index is 390. The number of nitrogen functional groups attached to an aromatic ring is 1. The molecule has 0 saturated heterocycles. The van der Waals surface area contributed by atoms with Crippen molar-refractivity contribution in [2.45, 2.75) is 11.1 Å². The normalized spacial score (nSPS) is 9.62. The van der Waals surface area contributed by atoms with Gasteiger partial charge in [-0.25, -0.2) is 0 Å². The fourth-order valence-corrected chi connectivity index (χ4v) is 2.68. The van der Waals surface area contributed by atoms with E-state index >= 15 is 0 Å². The molecule has 1 heterocycles. The van der Waals surface area contributed by atoms with E-state index in [2.05, 4.69) is 0 Å². The molecule has 2 N–H and O–H groups in total.